The number of ether oxygens (including phenoxy) is 1. The summed E-state index contributed by atoms with van der Waals surface area (Å²) in [6.45, 7) is 0. The fraction of sp³-hybridized carbons (Fsp3) is 0.190. The van der Waals surface area contributed by atoms with Gasteiger partial charge in [-0.05, 0) is 47.2 Å². The van der Waals surface area contributed by atoms with Gasteiger partial charge in [-0.2, -0.15) is 0 Å². The van der Waals surface area contributed by atoms with Crippen molar-refractivity contribution in [3.63, 3.8) is 0 Å². The molecule has 3 aromatic rings. The molecule has 114 valence electrons. The van der Waals surface area contributed by atoms with Gasteiger partial charge in [-0.1, -0.05) is 60.7 Å². The van der Waals surface area contributed by atoms with Crippen molar-refractivity contribution in [2.45, 2.75) is 18.8 Å². The molecule has 0 aliphatic heterocycles. The Hall–Kier alpha value is -2.61. The first-order chi connectivity index (χ1) is 11.3. The summed E-state index contributed by atoms with van der Waals surface area (Å²) in [6.07, 6.45) is 1.97. The molecule has 2 heteroatoms. The first-order valence-corrected chi connectivity index (χ1v) is 8.07. The molecule has 1 unspecified atom stereocenters. The number of carbonyl (C=O) groups excluding carboxylic acids is 1. The Balaban J connectivity index is 1.51. The molecular weight excluding hydrogens is 284 g/mol. The third-order valence-electron chi connectivity index (χ3n) is 4.74. The average molecular weight is 302 g/mol. The molecule has 4 rings (SSSR count). The number of esters is 1. The minimum atomic E-state index is -0.111. The van der Waals surface area contributed by atoms with E-state index in [4.69, 9.17) is 4.74 Å². The summed E-state index contributed by atoms with van der Waals surface area (Å²) in [7, 11) is 0. The van der Waals surface area contributed by atoms with Gasteiger partial charge in [0.25, 0.3) is 0 Å². The van der Waals surface area contributed by atoms with Gasteiger partial charge in [0.2, 0.25) is 0 Å². The second-order valence-electron chi connectivity index (χ2n) is 6.13. The molecule has 2 atom stereocenters. The molecule has 0 radical (unpaired) electrons. The summed E-state index contributed by atoms with van der Waals surface area (Å²) >= 11 is 0. The van der Waals surface area contributed by atoms with Crippen LogP contribution < -0.4 is 4.74 Å². The first kappa shape index (κ1) is 14.0. The van der Waals surface area contributed by atoms with Crippen LogP contribution in [0.1, 0.15) is 24.3 Å². The highest BCUT2D eigenvalue weighted by molar-refractivity contribution is 5.85. The quantitative estimate of drug-likeness (QED) is 0.506. The minimum absolute atomic E-state index is 0.0242. The molecule has 0 spiro atoms. The van der Waals surface area contributed by atoms with Crippen LogP contribution >= 0.6 is 0 Å². The van der Waals surface area contributed by atoms with Gasteiger partial charge in [-0.15, -0.1) is 0 Å². The normalized spacial score (nSPS) is 20.0. The molecule has 1 saturated carbocycles. The first-order valence-electron chi connectivity index (χ1n) is 8.07. The zero-order chi connectivity index (χ0) is 15.6. The standard InChI is InChI=1S/C21H18O2/c22-21(20-13-12-19(20)16-7-2-1-3-8-16)23-18-11-10-15-6-4-5-9-17(15)14-18/h1-11,14,19-20H,12-13H2/t19?,20-/m1/s1. The lowest BCUT2D eigenvalue weighted by Gasteiger charge is -2.35. The van der Waals surface area contributed by atoms with Crippen LogP contribution in [0.15, 0.2) is 72.8 Å². The van der Waals surface area contributed by atoms with E-state index in [0.717, 1.165) is 23.6 Å². The molecule has 1 aliphatic rings. The molecule has 0 aromatic heterocycles. The number of hydrogen-bond donors (Lipinski definition) is 0. The molecule has 3 aromatic carbocycles. The van der Waals surface area contributed by atoms with Gasteiger partial charge >= 0.3 is 5.97 Å². The highest BCUT2D eigenvalue weighted by atomic mass is 16.5. The monoisotopic (exact) mass is 302 g/mol. The summed E-state index contributed by atoms with van der Waals surface area (Å²) in [4.78, 5) is 12.5. The van der Waals surface area contributed by atoms with Crippen molar-refractivity contribution in [2.75, 3.05) is 0 Å². The zero-order valence-electron chi connectivity index (χ0n) is 12.8. The van der Waals surface area contributed by atoms with Gasteiger partial charge in [0.15, 0.2) is 0 Å². The van der Waals surface area contributed by atoms with Crippen LogP contribution in [-0.2, 0) is 4.79 Å². The number of rotatable bonds is 3. The molecule has 0 saturated heterocycles. The van der Waals surface area contributed by atoms with Crippen LogP contribution in [-0.4, -0.2) is 5.97 Å². The van der Waals surface area contributed by atoms with Crippen LogP contribution in [0, 0.1) is 5.92 Å². The van der Waals surface area contributed by atoms with Crippen LogP contribution in [0.4, 0.5) is 0 Å². The van der Waals surface area contributed by atoms with E-state index in [1.165, 1.54) is 5.56 Å². The molecule has 0 heterocycles. The molecule has 0 bridgehead atoms. The van der Waals surface area contributed by atoms with E-state index in [1.807, 2.05) is 54.6 Å². The number of carbonyl (C=O) groups is 1. The van der Waals surface area contributed by atoms with Gasteiger partial charge < -0.3 is 4.74 Å². The molecule has 0 N–H and O–H groups in total. The summed E-state index contributed by atoms with van der Waals surface area (Å²) in [5, 5.41) is 2.24. The SMILES string of the molecule is O=C(Oc1ccc2ccccc2c1)[C@@H]1CCC1c1ccccc1. The summed E-state index contributed by atoms with van der Waals surface area (Å²) in [6, 6.07) is 24.1. The summed E-state index contributed by atoms with van der Waals surface area (Å²) < 4.78 is 5.64. The second-order valence-corrected chi connectivity index (χ2v) is 6.13. The third-order valence-corrected chi connectivity index (χ3v) is 4.74. The zero-order valence-corrected chi connectivity index (χ0v) is 12.8. The van der Waals surface area contributed by atoms with Crippen LogP contribution in [0.3, 0.4) is 0 Å². The van der Waals surface area contributed by atoms with E-state index < -0.39 is 0 Å². The van der Waals surface area contributed by atoms with Gasteiger partial charge in [0.05, 0.1) is 5.92 Å². The van der Waals surface area contributed by atoms with Crippen molar-refractivity contribution in [3.8, 4) is 5.75 Å². The fourth-order valence-electron chi connectivity index (χ4n) is 3.30. The van der Waals surface area contributed by atoms with E-state index in [2.05, 4.69) is 18.2 Å². The van der Waals surface area contributed by atoms with E-state index >= 15 is 0 Å². The predicted octanol–water partition coefficient (Wildman–Crippen LogP) is 4.94. The number of fused-ring (bicyclic) bond motifs is 1. The molecular formula is C21H18O2. The lowest BCUT2D eigenvalue weighted by Crippen LogP contribution is -2.34. The van der Waals surface area contributed by atoms with Crippen molar-refractivity contribution in [1.82, 2.24) is 0 Å². The Labute approximate surface area is 135 Å². The van der Waals surface area contributed by atoms with E-state index in [-0.39, 0.29) is 11.9 Å². The van der Waals surface area contributed by atoms with Crippen molar-refractivity contribution in [3.05, 3.63) is 78.4 Å². The molecule has 2 nitrogen and oxygen atoms in total. The third kappa shape index (κ3) is 2.72. The van der Waals surface area contributed by atoms with Gasteiger partial charge in [0.1, 0.15) is 5.75 Å². The number of hydrogen-bond acceptors (Lipinski definition) is 2. The maximum absolute atomic E-state index is 12.5. The Morgan fingerprint density at radius 3 is 2.30 bits per heavy atom. The van der Waals surface area contributed by atoms with Crippen LogP contribution in [0.25, 0.3) is 10.8 Å². The molecule has 0 amide bonds. The largest absolute Gasteiger partial charge is 0.426 e. The number of benzene rings is 3. The van der Waals surface area contributed by atoms with Gasteiger partial charge in [-0.3, -0.25) is 4.79 Å². The van der Waals surface area contributed by atoms with Gasteiger partial charge in [-0.25, -0.2) is 0 Å². The summed E-state index contributed by atoms with van der Waals surface area (Å²) in [5.41, 5.74) is 1.24. The predicted molar refractivity (Wildman–Crippen MR) is 91.5 cm³/mol. The maximum atomic E-state index is 12.5. The van der Waals surface area contributed by atoms with Crippen molar-refractivity contribution < 1.29 is 9.53 Å². The minimum Gasteiger partial charge on any atom is -0.426 e. The van der Waals surface area contributed by atoms with E-state index in [9.17, 15) is 4.79 Å². The highest BCUT2D eigenvalue weighted by Crippen LogP contribution is 2.43. The Kier molecular flexibility index (Phi) is 3.58. The topological polar surface area (TPSA) is 26.3 Å². The van der Waals surface area contributed by atoms with Crippen molar-refractivity contribution in [1.29, 1.82) is 0 Å². The molecule has 1 fully saturated rings. The van der Waals surface area contributed by atoms with Crippen molar-refractivity contribution in [2.24, 2.45) is 5.92 Å². The molecule has 23 heavy (non-hydrogen) atoms. The maximum Gasteiger partial charge on any atom is 0.314 e. The van der Waals surface area contributed by atoms with Crippen molar-refractivity contribution >= 4 is 16.7 Å². The smallest absolute Gasteiger partial charge is 0.314 e. The van der Waals surface area contributed by atoms with Gasteiger partial charge in [0, 0.05) is 0 Å². The lowest BCUT2D eigenvalue weighted by atomic mass is 9.70. The molecule has 1 aliphatic carbocycles. The van der Waals surface area contributed by atoms with E-state index in [1.54, 1.807) is 0 Å². The van der Waals surface area contributed by atoms with Crippen LogP contribution in [0.5, 0.6) is 5.75 Å². The van der Waals surface area contributed by atoms with Crippen LogP contribution in [0.2, 0.25) is 0 Å². The van der Waals surface area contributed by atoms with E-state index in [0.29, 0.717) is 11.7 Å². The summed E-state index contributed by atoms with van der Waals surface area (Å²) in [5.74, 6) is 0.792. The highest BCUT2D eigenvalue weighted by Gasteiger charge is 2.38. The Bertz CT molecular complexity index is 839. The average Bonchev–Trinajstić information content (AvgIpc) is 2.54. The lowest BCUT2D eigenvalue weighted by molar-refractivity contribution is -0.142. The Morgan fingerprint density at radius 1 is 0.826 bits per heavy atom. The Morgan fingerprint density at radius 2 is 1.57 bits per heavy atom. The fourth-order valence-corrected chi connectivity index (χ4v) is 3.30. The second kappa shape index (κ2) is 5.88.